The maximum absolute atomic E-state index is 4.55. The van der Waals surface area contributed by atoms with Gasteiger partial charge in [-0.2, -0.15) is 0 Å². The molecule has 1 aromatic heterocycles. The van der Waals surface area contributed by atoms with Crippen LogP contribution in [0.5, 0.6) is 0 Å². The maximum Gasteiger partial charge on any atom is 0.134 e. The molecule has 0 amide bonds. The zero-order chi connectivity index (χ0) is 13.5. The monoisotopic (exact) mass is 250 g/mol. The highest BCUT2D eigenvalue weighted by atomic mass is 15.2. The third-order valence-electron chi connectivity index (χ3n) is 3.12. The number of nitrogens with one attached hydrogen (secondary N) is 1. The summed E-state index contributed by atoms with van der Waals surface area (Å²) in [5.41, 5.74) is 0. The summed E-state index contributed by atoms with van der Waals surface area (Å²) >= 11 is 0. The summed E-state index contributed by atoms with van der Waals surface area (Å²) in [7, 11) is 0. The van der Waals surface area contributed by atoms with E-state index in [0.717, 1.165) is 37.1 Å². The van der Waals surface area contributed by atoms with E-state index in [1.165, 1.54) is 6.42 Å². The van der Waals surface area contributed by atoms with Crippen molar-refractivity contribution in [3.05, 3.63) is 11.9 Å². The topological polar surface area (TPSA) is 41.0 Å². The van der Waals surface area contributed by atoms with E-state index >= 15 is 0 Å². The Balaban J connectivity index is 2.90. The Morgan fingerprint density at radius 1 is 1.28 bits per heavy atom. The van der Waals surface area contributed by atoms with Gasteiger partial charge in [-0.15, -0.1) is 0 Å². The second-order valence-corrected chi connectivity index (χ2v) is 4.74. The Morgan fingerprint density at radius 2 is 2.00 bits per heavy atom. The van der Waals surface area contributed by atoms with Crippen molar-refractivity contribution >= 4 is 11.6 Å². The summed E-state index contributed by atoms with van der Waals surface area (Å²) in [4.78, 5) is 11.3. The summed E-state index contributed by atoms with van der Waals surface area (Å²) in [6, 6.07) is 2.04. The van der Waals surface area contributed by atoms with Crippen molar-refractivity contribution in [1.29, 1.82) is 0 Å². The Bertz CT molecular complexity index is 365. The first-order valence-electron chi connectivity index (χ1n) is 6.95. The second kappa shape index (κ2) is 7.19. The number of aromatic nitrogens is 2. The number of aryl methyl sites for hydroxylation is 1. The zero-order valence-electron chi connectivity index (χ0n) is 12.3. The SMILES string of the molecule is CCNc1cc(N(CC)CC(C)CC)nc(C)n1. The molecule has 0 spiro atoms. The summed E-state index contributed by atoms with van der Waals surface area (Å²) in [5, 5.41) is 3.26. The minimum absolute atomic E-state index is 0.683. The number of anilines is 2. The largest absolute Gasteiger partial charge is 0.370 e. The van der Waals surface area contributed by atoms with E-state index in [4.69, 9.17) is 0 Å². The van der Waals surface area contributed by atoms with Crippen molar-refractivity contribution in [2.24, 2.45) is 5.92 Å². The van der Waals surface area contributed by atoms with Crippen LogP contribution in [0.25, 0.3) is 0 Å². The van der Waals surface area contributed by atoms with Crippen LogP contribution in [0.4, 0.5) is 11.6 Å². The van der Waals surface area contributed by atoms with Gasteiger partial charge < -0.3 is 10.2 Å². The van der Waals surface area contributed by atoms with Gasteiger partial charge in [-0.25, -0.2) is 9.97 Å². The normalized spacial score (nSPS) is 12.3. The maximum atomic E-state index is 4.55. The summed E-state index contributed by atoms with van der Waals surface area (Å²) < 4.78 is 0. The van der Waals surface area contributed by atoms with E-state index in [0.29, 0.717) is 5.92 Å². The van der Waals surface area contributed by atoms with Crippen LogP contribution in [0.3, 0.4) is 0 Å². The van der Waals surface area contributed by atoms with Gasteiger partial charge in [0.05, 0.1) is 0 Å². The van der Waals surface area contributed by atoms with Crippen molar-refractivity contribution in [3.8, 4) is 0 Å². The molecule has 0 radical (unpaired) electrons. The first kappa shape index (κ1) is 14.7. The van der Waals surface area contributed by atoms with Crippen LogP contribution >= 0.6 is 0 Å². The molecular weight excluding hydrogens is 224 g/mol. The van der Waals surface area contributed by atoms with Crippen molar-refractivity contribution in [1.82, 2.24) is 9.97 Å². The van der Waals surface area contributed by atoms with Gasteiger partial charge in [0.1, 0.15) is 17.5 Å². The van der Waals surface area contributed by atoms with E-state index < -0.39 is 0 Å². The summed E-state index contributed by atoms with van der Waals surface area (Å²) in [6.45, 7) is 13.6. The van der Waals surface area contributed by atoms with Crippen LogP contribution in [-0.2, 0) is 0 Å². The molecule has 1 aromatic rings. The molecule has 1 unspecified atom stereocenters. The standard InChI is InChI=1S/C14H26N4/c1-6-11(4)10-18(8-3)14-9-13(15-7-2)16-12(5)17-14/h9,11H,6-8,10H2,1-5H3,(H,15,16,17). The van der Waals surface area contributed by atoms with Crippen molar-refractivity contribution in [2.45, 2.75) is 41.0 Å². The van der Waals surface area contributed by atoms with Gasteiger partial charge in [0, 0.05) is 25.7 Å². The lowest BCUT2D eigenvalue weighted by atomic mass is 10.1. The van der Waals surface area contributed by atoms with Gasteiger partial charge in [0.25, 0.3) is 0 Å². The lowest BCUT2D eigenvalue weighted by Gasteiger charge is -2.25. The number of nitrogens with zero attached hydrogens (tertiary/aromatic N) is 3. The molecule has 102 valence electrons. The fraction of sp³-hybridized carbons (Fsp3) is 0.714. The molecule has 0 aliphatic heterocycles. The van der Waals surface area contributed by atoms with Crippen LogP contribution in [0.1, 0.15) is 39.9 Å². The quantitative estimate of drug-likeness (QED) is 0.807. The smallest absolute Gasteiger partial charge is 0.134 e. The first-order chi connectivity index (χ1) is 8.60. The lowest BCUT2D eigenvalue weighted by molar-refractivity contribution is 0.545. The minimum atomic E-state index is 0.683. The molecule has 0 aromatic carbocycles. The van der Waals surface area contributed by atoms with Crippen LogP contribution < -0.4 is 10.2 Å². The van der Waals surface area contributed by atoms with Crippen molar-refractivity contribution in [2.75, 3.05) is 29.9 Å². The third-order valence-corrected chi connectivity index (χ3v) is 3.12. The van der Waals surface area contributed by atoms with E-state index in [2.05, 4.69) is 47.9 Å². The molecule has 1 heterocycles. The minimum Gasteiger partial charge on any atom is -0.370 e. The Hall–Kier alpha value is -1.32. The van der Waals surface area contributed by atoms with E-state index in [-0.39, 0.29) is 0 Å². The van der Waals surface area contributed by atoms with Gasteiger partial charge in [-0.1, -0.05) is 20.3 Å². The highest BCUT2D eigenvalue weighted by Gasteiger charge is 2.11. The van der Waals surface area contributed by atoms with E-state index in [1.807, 2.05) is 13.0 Å². The molecular formula is C14H26N4. The predicted octanol–water partition coefficient (Wildman–Crippen LogP) is 3.09. The lowest BCUT2D eigenvalue weighted by Crippen LogP contribution is -2.29. The van der Waals surface area contributed by atoms with E-state index in [9.17, 15) is 0 Å². The Kier molecular flexibility index (Phi) is 5.89. The van der Waals surface area contributed by atoms with Gasteiger partial charge >= 0.3 is 0 Å². The molecule has 0 aliphatic rings. The fourth-order valence-corrected chi connectivity index (χ4v) is 1.88. The summed E-state index contributed by atoms with van der Waals surface area (Å²) in [5.74, 6) is 3.46. The van der Waals surface area contributed by atoms with Gasteiger partial charge in [-0.3, -0.25) is 0 Å². The van der Waals surface area contributed by atoms with Crippen LogP contribution in [0.2, 0.25) is 0 Å². The molecule has 0 fully saturated rings. The zero-order valence-corrected chi connectivity index (χ0v) is 12.3. The summed E-state index contributed by atoms with van der Waals surface area (Å²) in [6.07, 6.45) is 1.20. The van der Waals surface area contributed by atoms with Gasteiger partial charge in [0.15, 0.2) is 0 Å². The molecule has 0 aliphatic carbocycles. The first-order valence-corrected chi connectivity index (χ1v) is 6.95. The average molecular weight is 250 g/mol. The molecule has 0 bridgehead atoms. The average Bonchev–Trinajstić information content (AvgIpc) is 2.35. The number of hydrogen-bond donors (Lipinski definition) is 1. The highest BCUT2D eigenvalue weighted by molar-refractivity contribution is 5.49. The van der Waals surface area contributed by atoms with Crippen LogP contribution in [0.15, 0.2) is 6.07 Å². The second-order valence-electron chi connectivity index (χ2n) is 4.74. The van der Waals surface area contributed by atoms with Crippen LogP contribution in [-0.4, -0.2) is 29.6 Å². The van der Waals surface area contributed by atoms with Crippen molar-refractivity contribution < 1.29 is 0 Å². The number of rotatable bonds is 7. The van der Waals surface area contributed by atoms with Crippen molar-refractivity contribution in [3.63, 3.8) is 0 Å². The highest BCUT2D eigenvalue weighted by Crippen LogP contribution is 2.17. The third kappa shape index (κ3) is 4.17. The predicted molar refractivity (Wildman–Crippen MR) is 78.3 cm³/mol. The van der Waals surface area contributed by atoms with E-state index in [1.54, 1.807) is 0 Å². The fourth-order valence-electron chi connectivity index (χ4n) is 1.88. The van der Waals surface area contributed by atoms with Gasteiger partial charge in [-0.05, 0) is 26.7 Å². The molecule has 0 saturated heterocycles. The van der Waals surface area contributed by atoms with Crippen LogP contribution in [0, 0.1) is 12.8 Å². The molecule has 1 atom stereocenters. The Morgan fingerprint density at radius 3 is 2.56 bits per heavy atom. The number of hydrogen-bond acceptors (Lipinski definition) is 4. The molecule has 1 rings (SSSR count). The molecule has 18 heavy (non-hydrogen) atoms. The molecule has 4 heteroatoms. The molecule has 1 N–H and O–H groups in total. The van der Waals surface area contributed by atoms with Gasteiger partial charge in [0.2, 0.25) is 0 Å². The molecule has 4 nitrogen and oxygen atoms in total. The Labute approximate surface area is 111 Å². The molecule has 0 saturated carbocycles.